The van der Waals surface area contributed by atoms with Gasteiger partial charge in [0, 0.05) is 26.1 Å². The highest BCUT2D eigenvalue weighted by Crippen LogP contribution is 2.35. The van der Waals surface area contributed by atoms with Crippen molar-refractivity contribution in [3.63, 3.8) is 0 Å². The van der Waals surface area contributed by atoms with Crippen LogP contribution in [0.3, 0.4) is 0 Å². The van der Waals surface area contributed by atoms with E-state index in [1.165, 1.54) is 0 Å². The molecule has 2 fully saturated rings. The zero-order chi connectivity index (χ0) is 25.7. The quantitative estimate of drug-likeness (QED) is 0.572. The third-order valence-corrected chi connectivity index (χ3v) is 6.70. The average molecular weight is 490 g/mol. The molecular formula is C24H41F2N3O5. The Morgan fingerprint density at radius 3 is 2.18 bits per heavy atom. The highest BCUT2D eigenvalue weighted by atomic mass is 19.3. The molecule has 0 spiro atoms. The van der Waals surface area contributed by atoms with Gasteiger partial charge in [0.15, 0.2) is 0 Å². The summed E-state index contributed by atoms with van der Waals surface area (Å²) in [5.41, 5.74) is -0.756. The molecule has 3 amide bonds. The van der Waals surface area contributed by atoms with Gasteiger partial charge in [-0.2, -0.15) is 0 Å². The van der Waals surface area contributed by atoms with E-state index in [0.717, 1.165) is 4.90 Å². The van der Waals surface area contributed by atoms with Crippen LogP contribution in [0.2, 0.25) is 0 Å². The van der Waals surface area contributed by atoms with Gasteiger partial charge < -0.3 is 24.6 Å². The van der Waals surface area contributed by atoms with E-state index in [4.69, 9.17) is 9.47 Å². The van der Waals surface area contributed by atoms with Crippen LogP contribution in [0.15, 0.2) is 0 Å². The number of carbonyl (C=O) groups excluding carboxylic acids is 3. The van der Waals surface area contributed by atoms with Crippen molar-refractivity contribution < 1.29 is 32.6 Å². The molecule has 0 aromatic carbocycles. The second kappa shape index (κ2) is 11.5. The van der Waals surface area contributed by atoms with E-state index in [1.807, 2.05) is 20.8 Å². The number of nitrogens with zero attached hydrogens (tertiary/aromatic N) is 2. The van der Waals surface area contributed by atoms with Gasteiger partial charge in [-0.3, -0.25) is 4.79 Å². The number of halogens is 2. The number of likely N-dealkylation sites (tertiary alicyclic amines) is 1. The number of amides is 3. The summed E-state index contributed by atoms with van der Waals surface area (Å²) in [4.78, 5) is 40.7. The van der Waals surface area contributed by atoms with Crippen LogP contribution in [0, 0.1) is 11.8 Å². The number of ether oxygens (including phenoxy) is 2. The Hall–Kier alpha value is -2.13. The molecule has 0 aromatic heterocycles. The Kier molecular flexibility index (Phi) is 9.53. The summed E-state index contributed by atoms with van der Waals surface area (Å²) in [6.07, 6.45) is 1.06. The van der Waals surface area contributed by atoms with Crippen molar-refractivity contribution in [1.29, 1.82) is 0 Å². The van der Waals surface area contributed by atoms with Gasteiger partial charge in [0.05, 0.1) is 6.54 Å². The van der Waals surface area contributed by atoms with Gasteiger partial charge in [0.2, 0.25) is 5.91 Å². The van der Waals surface area contributed by atoms with E-state index in [9.17, 15) is 23.2 Å². The molecule has 1 heterocycles. The first-order valence-corrected chi connectivity index (χ1v) is 12.4. The highest BCUT2D eigenvalue weighted by molar-refractivity contribution is 5.86. The normalized spacial score (nSPS) is 24.2. The second-order valence-corrected chi connectivity index (χ2v) is 10.4. The van der Waals surface area contributed by atoms with Crippen LogP contribution in [-0.2, 0) is 14.3 Å². The molecule has 1 saturated carbocycles. The first kappa shape index (κ1) is 28.1. The predicted molar refractivity (Wildman–Crippen MR) is 124 cm³/mol. The van der Waals surface area contributed by atoms with Crippen molar-refractivity contribution in [3.05, 3.63) is 0 Å². The average Bonchev–Trinajstić information content (AvgIpc) is 3.11. The number of alkyl halides is 2. The minimum atomic E-state index is -2.91. The zero-order valence-corrected chi connectivity index (χ0v) is 21.4. The number of hydrogen-bond acceptors (Lipinski definition) is 5. The van der Waals surface area contributed by atoms with Crippen molar-refractivity contribution in [2.45, 2.75) is 97.3 Å². The van der Waals surface area contributed by atoms with E-state index in [1.54, 1.807) is 25.7 Å². The standard InChI is InChI=1S/C24H41F2N3O5/c1-7-28(8-2)22(32)33-18-11-9-17(10-12-18)16(3)19(27-21(31)34-23(4,5)6)20(30)29-14-13-24(25,26)15-29/h16-19H,7-15H2,1-6H3,(H,27,31)/t16-,17?,18?,19-/m0/s1. The molecule has 34 heavy (non-hydrogen) atoms. The SMILES string of the molecule is CCN(CC)C(=O)OC1CCC([C@H](C)[C@H](NC(=O)OC(C)(C)C)C(=O)N2CCC(F)(F)C2)CC1. The molecule has 0 unspecified atom stereocenters. The van der Waals surface area contributed by atoms with Crippen LogP contribution in [-0.4, -0.2) is 77.7 Å². The molecule has 2 atom stereocenters. The number of nitrogens with one attached hydrogen (secondary N) is 1. The molecular weight excluding hydrogens is 448 g/mol. The lowest BCUT2D eigenvalue weighted by atomic mass is 9.76. The van der Waals surface area contributed by atoms with Gasteiger partial charge >= 0.3 is 12.2 Å². The van der Waals surface area contributed by atoms with Gasteiger partial charge in [-0.05, 0) is 72.1 Å². The molecule has 0 bridgehead atoms. The predicted octanol–water partition coefficient (Wildman–Crippen LogP) is 4.42. The maximum Gasteiger partial charge on any atom is 0.410 e. The Labute approximate surface area is 201 Å². The maximum atomic E-state index is 13.8. The van der Waals surface area contributed by atoms with E-state index in [-0.39, 0.29) is 37.0 Å². The summed E-state index contributed by atoms with van der Waals surface area (Å²) in [5.74, 6) is -3.66. The Morgan fingerprint density at radius 2 is 1.71 bits per heavy atom. The molecule has 2 rings (SSSR count). The van der Waals surface area contributed by atoms with Crippen LogP contribution >= 0.6 is 0 Å². The first-order valence-electron chi connectivity index (χ1n) is 12.4. The number of alkyl carbamates (subject to hydrolysis) is 1. The van der Waals surface area contributed by atoms with E-state index < -0.39 is 36.1 Å². The highest BCUT2D eigenvalue weighted by Gasteiger charge is 2.44. The topological polar surface area (TPSA) is 88.2 Å². The van der Waals surface area contributed by atoms with Gasteiger partial charge in [-0.1, -0.05) is 6.92 Å². The molecule has 1 aliphatic heterocycles. The van der Waals surface area contributed by atoms with Gasteiger partial charge in [0.1, 0.15) is 17.7 Å². The van der Waals surface area contributed by atoms with Crippen LogP contribution in [0.4, 0.5) is 18.4 Å². The summed E-state index contributed by atoms with van der Waals surface area (Å²) >= 11 is 0. The monoisotopic (exact) mass is 489 g/mol. The Morgan fingerprint density at radius 1 is 1.12 bits per heavy atom. The van der Waals surface area contributed by atoms with Crippen molar-refractivity contribution in [2.24, 2.45) is 11.8 Å². The summed E-state index contributed by atoms with van der Waals surface area (Å²) in [6.45, 7) is 11.3. The van der Waals surface area contributed by atoms with Gasteiger partial charge in [0.25, 0.3) is 5.92 Å². The fourth-order valence-corrected chi connectivity index (χ4v) is 4.68. The van der Waals surface area contributed by atoms with E-state index in [0.29, 0.717) is 38.8 Å². The van der Waals surface area contributed by atoms with Crippen molar-refractivity contribution in [1.82, 2.24) is 15.1 Å². The summed E-state index contributed by atoms with van der Waals surface area (Å²) < 4.78 is 38.5. The Balaban J connectivity index is 2.05. The molecule has 196 valence electrons. The van der Waals surface area contributed by atoms with Crippen molar-refractivity contribution in [2.75, 3.05) is 26.2 Å². The number of rotatable bonds is 7. The first-order chi connectivity index (χ1) is 15.8. The van der Waals surface area contributed by atoms with E-state index >= 15 is 0 Å². The second-order valence-electron chi connectivity index (χ2n) is 10.4. The molecule has 1 N–H and O–H groups in total. The van der Waals surface area contributed by atoms with Gasteiger partial charge in [-0.25, -0.2) is 18.4 Å². The van der Waals surface area contributed by atoms with Gasteiger partial charge in [-0.15, -0.1) is 0 Å². The minimum Gasteiger partial charge on any atom is -0.446 e. The molecule has 8 nitrogen and oxygen atoms in total. The van der Waals surface area contributed by atoms with E-state index in [2.05, 4.69) is 5.32 Å². The molecule has 0 radical (unpaired) electrons. The largest absolute Gasteiger partial charge is 0.446 e. The van der Waals surface area contributed by atoms with Crippen LogP contribution in [0.25, 0.3) is 0 Å². The maximum absolute atomic E-state index is 13.8. The van der Waals surface area contributed by atoms with Crippen molar-refractivity contribution in [3.8, 4) is 0 Å². The number of carbonyl (C=O) groups is 3. The fourth-order valence-electron chi connectivity index (χ4n) is 4.68. The third kappa shape index (κ3) is 7.98. The molecule has 0 aromatic rings. The minimum absolute atomic E-state index is 0.0426. The van der Waals surface area contributed by atoms with Crippen LogP contribution in [0.5, 0.6) is 0 Å². The lowest BCUT2D eigenvalue weighted by Gasteiger charge is -2.37. The lowest BCUT2D eigenvalue weighted by molar-refractivity contribution is -0.136. The van der Waals surface area contributed by atoms with Crippen molar-refractivity contribution >= 4 is 18.1 Å². The molecule has 10 heteroatoms. The lowest BCUT2D eigenvalue weighted by Crippen LogP contribution is -2.54. The molecule has 1 aliphatic carbocycles. The summed E-state index contributed by atoms with van der Waals surface area (Å²) in [7, 11) is 0. The fraction of sp³-hybridized carbons (Fsp3) is 0.875. The molecule has 1 saturated heterocycles. The zero-order valence-electron chi connectivity index (χ0n) is 21.4. The summed E-state index contributed by atoms with van der Waals surface area (Å²) in [6, 6.07) is -0.969. The number of hydrogen-bond donors (Lipinski definition) is 1. The molecule has 2 aliphatic rings. The van der Waals surface area contributed by atoms with Crippen LogP contribution in [0.1, 0.15) is 73.6 Å². The third-order valence-electron chi connectivity index (χ3n) is 6.70. The smallest absolute Gasteiger partial charge is 0.410 e. The Bertz CT molecular complexity index is 716. The van der Waals surface area contributed by atoms with Crippen LogP contribution < -0.4 is 5.32 Å². The summed E-state index contributed by atoms with van der Waals surface area (Å²) in [5, 5.41) is 2.66.